The highest BCUT2D eigenvalue weighted by molar-refractivity contribution is 5.72. The van der Waals surface area contributed by atoms with Gasteiger partial charge in [0.2, 0.25) is 0 Å². The smallest absolute Gasteiger partial charge is 0.141 e. The van der Waals surface area contributed by atoms with Crippen LogP contribution in [0.15, 0.2) is 23.8 Å². The molecule has 4 rings (SSSR count). The van der Waals surface area contributed by atoms with Gasteiger partial charge in [0, 0.05) is 12.6 Å². The predicted molar refractivity (Wildman–Crippen MR) is 61.0 cm³/mol. The first kappa shape index (κ1) is 7.46. The summed E-state index contributed by atoms with van der Waals surface area (Å²) >= 11 is 0. The lowest BCUT2D eigenvalue weighted by atomic mass is 10.2. The Morgan fingerprint density at radius 3 is 3.20 bits per heavy atom. The van der Waals surface area contributed by atoms with Gasteiger partial charge in [-0.15, -0.1) is 0 Å². The number of imidazole rings is 1. The Bertz CT molecular complexity index is 666. The van der Waals surface area contributed by atoms with E-state index in [0.29, 0.717) is 0 Å². The molecule has 0 unspecified atom stereocenters. The van der Waals surface area contributed by atoms with Crippen LogP contribution in [0.4, 0.5) is 0 Å². The molecular formula is C13H10N2. The molecular weight excluding hydrogens is 184 g/mol. The van der Waals surface area contributed by atoms with E-state index in [1.807, 2.05) is 0 Å². The zero-order valence-corrected chi connectivity index (χ0v) is 8.27. The maximum absolute atomic E-state index is 4.68. The average Bonchev–Trinajstić information content (AvgIpc) is 2.83. The van der Waals surface area contributed by atoms with E-state index in [1.165, 1.54) is 16.5 Å². The normalized spacial score (nSPS) is 19.7. The van der Waals surface area contributed by atoms with Crippen LogP contribution in [0.2, 0.25) is 0 Å². The maximum Gasteiger partial charge on any atom is 0.141 e. The summed E-state index contributed by atoms with van der Waals surface area (Å²) in [6.45, 7) is 0. The van der Waals surface area contributed by atoms with Crippen molar-refractivity contribution in [2.45, 2.75) is 12.8 Å². The fourth-order valence-electron chi connectivity index (χ4n) is 2.46. The highest BCUT2D eigenvalue weighted by Crippen LogP contribution is 2.24. The minimum absolute atomic E-state index is 1.02. The Hall–Kier alpha value is -1.83. The highest BCUT2D eigenvalue weighted by atomic mass is 15.1. The maximum atomic E-state index is 4.68. The monoisotopic (exact) mass is 194 g/mol. The number of allylic oxidation sites excluding steroid dienone is 4. The number of fused-ring (bicyclic) bond motifs is 5. The summed E-state index contributed by atoms with van der Waals surface area (Å²) in [5.74, 6) is 0. The van der Waals surface area contributed by atoms with Gasteiger partial charge in [-0.05, 0) is 23.6 Å². The van der Waals surface area contributed by atoms with Gasteiger partial charge in [-0.2, -0.15) is 0 Å². The Morgan fingerprint density at radius 2 is 2.20 bits per heavy atom. The van der Waals surface area contributed by atoms with E-state index in [4.69, 9.17) is 0 Å². The zero-order chi connectivity index (χ0) is 9.83. The minimum Gasteiger partial charge on any atom is -0.299 e. The van der Waals surface area contributed by atoms with Gasteiger partial charge in [0.05, 0.1) is 11.0 Å². The molecule has 2 aliphatic carbocycles. The van der Waals surface area contributed by atoms with Crippen molar-refractivity contribution < 1.29 is 0 Å². The van der Waals surface area contributed by atoms with Crippen molar-refractivity contribution in [3.8, 4) is 0 Å². The number of aromatic nitrogens is 2. The molecule has 2 heteroatoms. The van der Waals surface area contributed by atoms with E-state index in [9.17, 15) is 0 Å². The number of nitrogens with zero attached hydrogens (tertiary/aromatic N) is 2. The van der Waals surface area contributed by atoms with Crippen molar-refractivity contribution in [1.29, 1.82) is 0 Å². The number of hydrogen-bond acceptors (Lipinski definition) is 1. The molecule has 0 spiro atoms. The first-order valence-corrected chi connectivity index (χ1v) is 5.29. The van der Waals surface area contributed by atoms with Crippen LogP contribution in [-0.4, -0.2) is 9.55 Å². The topological polar surface area (TPSA) is 17.8 Å². The lowest BCUT2D eigenvalue weighted by molar-refractivity contribution is 0.987. The largest absolute Gasteiger partial charge is 0.299 e. The van der Waals surface area contributed by atoms with E-state index in [1.54, 1.807) is 0 Å². The summed E-state index contributed by atoms with van der Waals surface area (Å²) in [7, 11) is 0. The van der Waals surface area contributed by atoms with E-state index in [-0.39, 0.29) is 0 Å². The fraction of sp³-hybridized carbons (Fsp3) is 0.154. The molecule has 15 heavy (non-hydrogen) atoms. The van der Waals surface area contributed by atoms with Crippen LogP contribution in [-0.2, 0) is 0 Å². The Labute approximate surface area is 87.3 Å². The minimum atomic E-state index is 1.02. The first-order chi connectivity index (χ1) is 7.42. The summed E-state index contributed by atoms with van der Waals surface area (Å²) in [6.07, 6.45) is 15.2. The first-order valence-electron chi connectivity index (χ1n) is 5.29. The predicted octanol–water partition coefficient (Wildman–Crippen LogP) is 1.05. The molecule has 1 aromatic heterocycles. The molecule has 2 heterocycles. The summed E-state index contributed by atoms with van der Waals surface area (Å²) in [5.41, 5.74) is 4.98. The van der Waals surface area contributed by atoms with Crippen LogP contribution in [0.1, 0.15) is 18.5 Å². The van der Waals surface area contributed by atoms with Gasteiger partial charge in [-0.3, -0.25) is 4.57 Å². The summed E-state index contributed by atoms with van der Waals surface area (Å²) in [4.78, 5) is 4.68. The van der Waals surface area contributed by atoms with Crippen LogP contribution < -0.4 is 10.8 Å². The highest BCUT2D eigenvalue weighted by Gasteiger charge is 2.17. The summed E-state index contributed by atoms with van der Waals surface area (Å²) in [5, 5.41) is 1.26. The van der Waals surface area contributed by atoms with Crippen LogP contribution in [0.3, 0.4) is 0 Å². The lowest BCUT2D eigenvalue weighted by Crippen LogP contribution is -2.27. The fourth-order valence-corrected chi connectivity index (χ4v) is 2.46. The molecule has 0 atom stereocenters. The van der Waals surface area contributed by atoms with Crippen molar-refractivity contribution in [3.05, 3.63) is 40.3 Å². The second-order valence-corrected chi connectivity index (χ2v) is 4.16. The van der Waals surface area contributed by atoms with Gasteiger partial charge in [0.1, 0.15) is 5.48 Å². The van der Waals surface area contributed by atoms with Gasteiger partial charge in [0.15, 0.2) is 0 Å². The van der Waals surface area contributed by atoms with E-state index in [2.05, 4.69) is 46.1 Å². The molecule has 0 saturated heterocycles. The van der Waals surface area contributed by atoms with Crippen LogP contribution in [0.5, 0.6) is 0 Å². The Balaban J connectivity index is 2.24. The molecule has 0 N–H and O–H groups in total. The second kappa shape index (κ2) is 2.40. The molecule has 72 valence electrons. The summed E-state index contributed by atoms with van der Waals surface area (Å²) in [6, 6.07) is 0. The molecule has 2 bridgehead atoms. The third-order valence-electron chi connectivity index (χ3n) is 3.17. The van der Waals surface area contributed by atoms with Crippen molar-refractivity contribution in [3.63, 3.8) is 0 Å². The Morgan fingerprint density at radius 1 is 1.20 bits per heavy atom. The third kappa shape index (κ3) is 0.864. The van der Waals surface area contributed by atoms with Crippen molar-refractivity contribution in [2.75, 3.05) is 0 Å². The standard InChI is InChI=1S/C13H10N2/c1-2-4-12-11(3-1)14-13-10-6-5-9(7-10)8-15(12)13/h1,3-6,8H,2,7H2. The van der Waals surface area contributed by atoms with Crippen molar-refractivity contribution >= 4 is 23.9 Å². The second-order valence-electron chi connectivity index (χ2n) is 4.16. The zero-order valence-electron chi connectivity index (χ0n) is 8.27. The van der Waals surface area contributed by atoms with Crippen LogP contribution >= 0.6 is 0 Å². The summed E-state index contributed by atoms with van der Waals surface area (Å²) < 4.78 is 2.23. The average molecular weight is 194 g/mol. The molecule has 0 radical (unpaired) electrons. The quantitative estimate of drug-likeness (QED) is 0.603. The Kier molecular flexibility index (Phi) is 1.19. The molecule has 0 fully saturated rings. The van der Waals surface area contributed by atoms with Gasteiger partial charge < -0.3 is 0 Å². The molecule has 3 aliphatic rings. The molecule has 1 aliphatic heterocycles. The molecule has 2 nitrogen and oxygen atoms in total. The van der Waals surface area contributed by atoms with Gasteiger partial charge in [-0.25, -0.2) is 4.98 Å². The van der Waals surface area contributed by atoms with Gasteiger partial charge in [-0.1, -0.05) is 24.3 Å². The third-order valence-corrected chi connectivity index (χ3v) is 3.17. The van der Waals surface area contributed by atoms with Gasteiger partial charge in [0.25, 0.3) is 0 Å². The van der Waals surface area contributed by atoms with Crippen LogP contribution in [0.25, 0.3) is 23.9 Å². The lowest BCUT2D eigenvalue weighted by Gasteiger charge is -2.05. The molecule has 0 amide bonds. The SMILES string of the molecule is C1=Cc2nc3n(c2=CC1)C=C1C=CC=3C1. The van der Waals surface area contributed by atoms with E-state index >= 15 is 0 Å². The molecule has 1 aromatic rings. The van der Waals surface area contributed by atoms with Crippen molar-refractivity contribution in [1.82, 2.24) is 9.55 Å². The molecule has 0 saturated carbocycles. The molecule has 0 aromatic carbocycles. The number of rotatable bonds is 0. The number of hydrogen-bond donors (Lipinski definition) is 0. The van der Waals surface area contributed by atoms with Crippen molar-refractivity contribution in [2.24, 2.45) is 0 Å². The van der Waals surface area contributed by atoms with Crippen LogP contribution in [0, 0.1) is 0 Å². The van der Waals surface area contributed by atoms with E-state index in [0.717, 1.165) is 24.0 Å². The van der Waals surface area contributed by atoms with E-state index < -0.39 is 0 Å². The van der Waals surface area contributed by atoms with Gasteiger partial charge >= 0.3 is 0 Å².